The fraction of sp³-hybridized carbons (Fsp3) is 0.0833. The molecule has 1 nitrogen and oxygen atoms in total. The van der Waals surface area contributed by atoms with E-state index in [0.717, 1.165) is 4.70 Å². The molecule has 0 aliphatic carbocycles. The quantitative estimate of drug-likeness (QED) is 0.524. The van der Waals surface area contributed by atoms with Crippen LogP contribution in [0.15, 0.2) is 30.5 Å². The number of hydrogen-bond donors (Lipinski definition) is 0. The van der Waals surface area contributed by atoms with Crippen LogP contribution in [-0.2, 0) is 0 Å². The molecular formula is C12H8ClNS. The van der Waals surface area contributed by atoms with Gasteiger partial charge in [-0.1, -0.05) is 23.2 Å². The lowest BCUT2D eigenvalue weighted by Crippen LogP contribution is -1.73. The number of pyridine rings is 1. The van der Waals surface area contributed by atoms with Crippen LogP contribution in [0.5, 0.6) is 0 Å². The van der Waals surface area contributed by atoms with Gasteiger partial charge in [0.15, 0.2) is 0 Å². The molecule has 0 N–H and O–H groups in total. The van der Waals surface area contributed by atoms with E-state index in [1.807, 2.05) is 6.07 Å². The summed E-state index contributed by atoms with van der Waals surface area (Å²) < 4.78 is 2.35. The van der Waals surface area contributed by atoms with Crippen LogP contribution in [-0.4, -0.2) is 4.98 Å². The number of benzene rings is 1. The number of thiophene rings is 1. The molecule has 3 aromatic rings. The van der Waals surface area contributed by atoms with Gasteiger partial charge in [0.25, 0.3) is 0 Å². The molecule has 0 atom stereocenters. The van der Waals surface area contributed by atoms with E-state index in [0.29, 0.717) is 5.15 Å². The van der Waals surface area contributed by atoms with Crippen molar-refractivity contribution in [3.05, 3.63) is 41.2 Å². The first-order chi connectivity index (χ1) is 7.25. The molecule has 15 heavy (non-hydrogen) atoms. The van der Waals surface area contributed by atoms with Gasteiger partial charge in [0.1, 0.15) is 5.15 Å². The van der Waals surface area contributed by atoms with Gasteiger partial charge in [0, 0.05) is 21.7 Å². The van der Waals surface area contributed by atoms with Crippen molar-refractivity contribution in [3.8, 4) is 0 Å². The summed E-state index contributed by atoms with van der Waals surface area (Å²) in [5, 5.41) is 3.09. The summed E-state index contributed by atoms with van der Waals surface area (Å²) in [6.45, 7) is 2.10. The van der Waals surface area contributed by atoms with Crippen molar-refractivity contribution >= 4 is 43.1 Å². The van der Waals surface area contributed by atoms with Crippen LogP contribution < -0.4 is 0 Å². The number of aromatic nitrogens is 1. The van der Waals surface area contributed by atoms with Crippen LogP contribution in [0.2, 0.25) is 5.15 Å². The van der Waals surface area contributed by atoms with Crippen LogP contribution in [0.1, 0.15) is 5.56 Å². The predicted octanol–water partition coefficient (Wildman–Crippen LogP) is 4.41. The summed E-state index contributed by atoms with van der Waals surface area (Å²) in [5.41, 5.74) is 1.27. The van der Waals surface area contributed by atoms with Crippen molar-refractivity contribution in [2.45, 2.75) is 6.92 Å². The molecule has 3 rings (SSSR count). The lowest BCUT2D eigenvalue weighted by molar-refractivity contribution is 1.37. The van der Waals surface area contributed by atoms with Crippen LogP contribution in [0.3, 0.4) is 0 Å². The Morgan fingerprint density at radius 2 is 2.07 bits per heavy atom. The molecule has 0 bridgehead atoms. The fourth-order valence-corrected chi connectivity index (χ4v) is 3.12. The second-order valence-electron chi connectivity index (χ2n) is 3.58. The first-order valence-electron chi connectivity index (χ1n) is 4.69. The van der Waals surface area contributed by atoms with E-state index in [1.165, 1.54) is 21.0 Å². The van der Waals surface area contributed by atoms with Gasteiger partial charge in [-0.3, -0.25) is 0 Å². The number of fused-ring (bicyclic) bond motifs is 3. The van der Waals surface area contributed by atoms with Gasteiger partial charge in [0.05, 0.1) is 4.70 Å². The average Bonchev–Trinajstić information content (AvgIpc) is 2.58. The summed E-state index contributed by atoms with van der Waals surface area (Å²) in [6.07, 6.45) is 1.76. The van der Waals surface area contributed by atoms with Crippen molar-refractivity contribution in [1.82, 2.24) is 4.98 Å². The summed E-state index contributed by atoms with van der Waals surface area (Å²) in [6, 6.07) is 8.49. The first kappa shape index (κ1) is 9.13. The number of hydrogen-bond acceptors (Lipinski definition) is 2. The maximum atomic E-state index is 6.07. The fourth-order valence-electron chi connectivity index (χ4n) is 1.79. The van der Waals surface area contributed by atoms with Crippen LogP contribution in [0, 0.1) is 6.92 Å². The number of nitrogens with zero attached hydrogens (tertiary/aromatic N) is 1. The molecular weight excluding hydrogens is 226 g/mol. The molecule has 0 spiro atoms. The summed E-state index contributed by atoms with van der Waals surface area (Å²) in [7, 11) is 0. The highest BCUT2D eigenvalue weighted by atomic mass is 35.5. The Hall–Kier alpha value is -1.12. The molecule has 0 amide bonds. The highest BCUT2D eigenvalue weighted by Crippen LogP contribution is 2.36. The largest absolute Gasteiger partial charge is 0.243 e. The molecule has 0 saturated heterocycles. The normalized spacial score (nSPS) is 11.3. The minimum atomic E-state index is 0.603. The van der Waals surface area contributed by atoms with Gasteiger partial charge in [-0.25, -0.2) is 4.98 Å². The van der Waals surface area contributed by atoms with Gasteiger partial charge >= 0.3 is 0 Å². The second kappa shape index (κ2) is 3.19. The van der Waals surface area contributed by atoms with Crippen molar-refractivity contribution in [2.24, 2.45) is 0 Å². The molecule has 2 aromatic heterocycles. The molecule has 0 aliphatic rings. The van der Waals surface area contributed by atoms with E-state index in [2.05, 4.69) is 30.1 Å². The zero-order chi connectivity index (χ0) is 10.4. The van der Waals surface area contributed by atoms with E-state index < -0.39 is 0 Å². The van der Waals surface area contributed by atoms with Crippen molar-refractivity contribution in [1.29, 1.82) is 0 Å². The number of aryl methyl sites for hydroxylation is 1. The Labute approximate surface area is 96.3 Å². The zero-order valence-electron chi connectivity index (χ0n) is 8.12. The third-order valence-corrected chi connectivity index (χ3v) is 4.09. The van der Waals surface area contributed by atoms with Crippen molar-refractivity contribution in [3.63, 3.8) is 0 Å². The van der Waals surface area contributed by atoms with Crippen LogP contribution in [0.25, 0.3) is 20.2 Å². The third-order valence-electron chi connectivity index (χ3n) is 2.50. The van der Waals surface area contributed by atoms with Gasteiger partial charge in [0.2, 0.25) is 0 Å². The topological polar surface area (TPSA) is 12.9 Å². The molecule has 3 heteroatoms. The van der Waals surface area contributed by atoms with Gasteiger partial charge in [-0.05, 0) is 25.1 Å². The monoisotopic (exact) mass is 233 g/mol. The smallest absolute Gasteiger partial charge is 0.146 e. The minimum absolute atomic E-state index is 0.603. The summed E-state index contributed by atoms with van der Waals surface area (Å²) >= 11 is 7.77. The second-order valence-corrected chi connectivity index (χ2v) is 4.99. The lowest BCUT2D eigenvalue weighted by atomic mass is 10.1. The van der Waals surface area contributed by atoms with Gasteiger partial charge < -0.3 is 0 Å². The highest BCUT2D eigenvalue weighted by molar-refractivity contribution is 7.26. The van der Waals surface area contributed by atoms with Crippen molar-refractivity contribution < 1.29 is 0 Å². The molecule has 0 unspecified atom stereocenters. The Bertz CT molecular complexity index is 657. The van der Waals surface area contributed by atoms with E-state index in [1.54, 1.807) is 17.5 Å². The Morgan fingerprint density at radius 1 is 1.20 bits per heavy atom. The summed E-state index contributed by atoms with van der Waals surface area (Å²) in [4.78, 5) is 4.10. The minimum Gasteiger partial charge on any atom is -0.243 e. The average molecular weight is 234 g/mol. The number of rotatable bonds is 0. The molecule has 2 heterocycles. The SMILES string of the molecule is Cc1ccc2sc3c(Cl)nccc3c2c1. The van der Waals surface area contributed by atoms with Crippen LogP contribution in [0.4, 0.5) is 0 Å². The lowest BCUT2D eigenvalue weighted by Gasteiger charge is -1.93. The maximum absolute atomic E-state index is 6.07. The first-order valence-corrected chi connectivity index (χ1v) is 5.88. The zero-order valence-corrected chi connectivity index (χ0v) is 9.69. The van der Waals surface area contributed by atoms with E-state index >= 15 is 0 Å². The molecule has 1 aromatic carbocycles. The predicted molar refractivity (Wildman–Crippen MR) is 66.9 cm³/mol. The highest BCUT2D eigenvalue weighted by Gasteiger charge is 2.07. The molecule has 74 valence electrons. The standard InChI is InChI=1S/C12H8ClNS/c1-7-2-3-10-9(6-7)8-4-5-14-12(13)11(8)15-10/h2-6H,1H3. The van der Waals surface area contributed by atoms with Crippen molar-refractivity contribution in [2.75, 3.05) is 0 Å². The third kappa shape index (κ3) is 1.33. The van der Waals surface area contributed by atoms with Gasteiger partial charge in [-0.2, -0.15) is 0 Å². The Balaban J connectivity index is 2.58. The maximum Gasteiger partial charge on any atom is 0.146 e. The molecule has 0 saturated carbocycles. The van der Waals surface area contributed by atoms with Gasteiger partial charge in [-0.15, -0.1) is 11.3 Å². The number of halogens is 1. The van der Waals surface area contributed by atoms with E-state index in [9.17, 15) is 0 Å². The summed E-state index contributed by atoms with van der Waals surface area (Å²) in [5.74, 6) is 0. The Morgan fingerprint density at radius 3 is 2.93 bits per heavy atom. The molecule has 0 aliphatic heterocycles. The van der Waals surface area contributed by atoms with E-state index in [-0.39, 0.29) is 0 Å². The van der Waals surface area contributed by atoms with E-state index in [4.69, 9.17) is 11.6 Å². The molecule has 0 radical (unpaired) electrons. The Kier molecular flexibility index (Phi) is 1.94. The molecule has 0 fully saturated rings. The van der Waals surface area contributed by atoms with Crippen LogP contribution >= 0.6 is 22.9 Å².